The Morgan fingerprint density at radius 1 is 1.50 bits per heavy atom. The molecule has 0 aliphatic heterocycles. The van der Waals surface area contributed by atoms with Crippen LogP contribution in [0.4, 0.5) is 11.4 Å². The molecule has 0 aliphatic carbocycles. The predicted octanol–water partition coefficient (Wildman–Crippen LogP) is 2.33. The molecule has 5 nitrogen and oxygen atoms in total. The lowest BCUT2D eigenvalue weighted by atomic mass is 10.1. The summed E-state index contributed by atoms with van der Waals surface area (Å²) in [6.07, 6.45) is 3.17. The van der Waals surface area contributed by atoms with Gasteiger partial charge in [0, 0.05) is 17.7 Å². The molecule has 3 N–H and O–H groups in total. The van der Waals surface area contributed by atoms with Gasteiger partial charge in [0.05, 0.1) is 23.1 Å². The van der Waals surface area contributed by atoms with Gasteiger partial charge in [0.25, 0.3) is 5.91 Å². The van der Waals surface area contributed by atoms with Crippen LogP contribution in [0.25, 0.3) is 0 Å². The molecular formula is C12H13BrN4O. The zero-order valence-corrected chi connectivity index (χ0v) is 11.7. The largest absolute Gasteiger partial charge is 0.397 e. The van der Waals surface area contributed by atoms with E-state index in [0.29, 0.717) is 16.9 Å². The van der Waals surface area contributed by atoms with E-state index in [-0.39, 0.29) is 5.91 Å². The van der Waals surface area contributed by atoms with Crippen LogP contribution in [0.3, 0.4) is 0 Å². The van der Waals surface area contributed by atoms with Crippen molar-refractivity contribution in [3.63, 3.8) is 0 Å². The van der Waals surface area contributed by atoms with Gasteiger partial charge in [-0.05, 0) is 24.6 Å². The van der Waals surface area contributed by atoms with Crippen molar-refractivity contribution in [2.75, 3.05) is 11.1 Å². The molecule has 0 saturated heterocycles. The zero-order chi connectivity index (χ0) is 13.3. The number of aromatic nitrogens is 2. The number of halogens is 1. The minimum atomic E-state index is -0.222. The fourth-order valence-electron chi connectivity index (χ4n) is 1.66. The fraction of sp³-hybridized carbons (Fsp3) is 0.167. The number of nitrogens with one attached hydrogen (secondary N) is 1. The van der Waals surface area contributed by atoms with Crippen LogP contribution in [0, 0.1) is 6.92 Å². The molecule has 18 heavy (non-hydrogen) atoms. The summed E-state index contributed by atoms with van der Waals surface area (Å²) in [6.45, 7) is 1.89. The van der Waals surface area contributed by atoms with E-state index >= 15 is 0 Å². The lowest BCUT2D eigenvalue weighted by Gasteiger charge is -2.11. The second-order valence-corrected chi connectivity index (χ2v) is 4.96. The molecule has 0 aliphatic rings. The van der Waals surface area contributed by atoms with E-state index in [1.807, 2.05) is 13.0 Å². The second kappa shape index (κ2) is 4.81. The molecule has 1 aromatic heterocycles. The van der Waals surface area contributed by atoms with E-state index in [4.69, 9.17) is 5.73 Å². The van der Waals surface area contributed by atoms with Crippen molar-refractivity contribution >= 4 is 33.2 Å². The Hall–Kier alpha value is -1.82. The van der Waals surface area contributed by atoms with Gasteiger partial charge in [-0.2, -0.15) is 5.10 Å². The van der Waals surface area contributed by atoms with Gasteiger partial charge >= 0.3 is 0 Å². The van der Waals surface area contributed by atoms with Gasteiger partial charge in [0.15, 0.2) is 0 Å². The van der Waals surface area contributed by atoms with Crippen LogP contribution < -0.4 is 11.1 Å². The van der Waals surface area contributed by atoms with Gasteiger partial charge < -0.3 is 11.1 Å². The monoisotopic (exact) mass is 308 g/mol. The van der Waals surface area contributed by atoms with E-state index in [2.05, 4.69) is 26.3 Å². The summed E-state index contributed by atoms with van der Waals surface area (Å²) >= 11 is 3.36. The van der Waals surface area contributed by atoms with Gasteiger partial charge in [0.1, 0.15) is 0 Å². The highest BCUT2D eigenvalue weighted by Crippen LogP contribution is 2.28. The van der Waals surface area contributed by atoms with Gasteiger partial charge in [0.2, 0.25) is 0 Å². The molecule has 0 radical (unpaired) electrons. The zero-order valence-electron chi connectivity index (χ0n) is 10.1. The van der Waals surface area contributed by atoms with E-state index in [1.165, 1.54) is 6.20 Å². The number of nitrogens with two attached hydrogens (primary N) is 1. The molecule has 0 saturated carbocycles. The van der Waals surface area contributed by atoms with Crippen molar-refractivity contribution in [2.24, 2.45) is 7.05 Å². The van der Waals surface area contributed by atoms with Crippen LogP contribution in [0.15, 0.2) is 29.0 Å². The lowest BCUT2D eigenvalue weighted by Crippen LogP contribution is -2.13. The molecule has 1 amide bonds. The molecule has 6 heteroatoms. The Morgan fingerprint density at radius 3 is 2.78 bits per heavy atom. The third kappa shape index (κ3) is 2.53. The number of rotatable bonds is 2. The summed E-state index contributed by atoms with van der Waals surface area (Å²) in [4.78, 5) is 12.0. The minimum absolute atomic E-state index is 0.222. The van der Waals surface area contributed by atoms with Crippen LogP contribution in [0.1, 0.15) is 15.9 Å². The van der Waals surface area contributed by atoms with Crippen molar-refractivity contribution in [1.82, 2.24) is 9.78 Å². The molecule has 0 unspecified atom stereocenters. The molecule has 2 aromatic rings. The van der Waals surface area contributed by atoms with E-state index in [0.717, 1.165) is 10.0 Å². The maximum atomic E-state index is 12.0. The molecule has 1 heterocycles. The summed E-state index contributed by atoms with van der Waals surface area (Å²) in [5.41, 5.74) is 8.45. The Morgan fingerprint density at radius 2 is 2.22 bits per heavy atom. The number of nitrogen functional groups attached to an aromatic ring is 1. The van der Waals surface area contributed by atoms with Crippen molar-refractivity contribution in [2.45, 2.75) is 6.92 Å². The van der Waals surface area contributed by atoms with Crippen LogP contribution >= 0.6 is 15.9 Å². The SMILES string of the molecule is Cc1cc(Br)cc(N)c1NC(=O)c1cnn(C)c1. The van der Waals surface area contributed by atoms with E-state index in [9.17, 15) is 4.79 Å². The highest BCUT2D eigenvalue weighted by molar-refractivity contribution is 9.10. The average Bonchev–Trinajstić information content (AvgIpc) is 2.70. The van der Waals surface area contributed by atoms with Crippen molar-refractivity contribution < 1.29 is 4.79 Å². The maximum Gasteiger partial charge on any atom is 0.258 e. The standard InChI is InChI=1S/C12H13BrN4O/c1-7-3-9(13)4-10(14)11(7)16-12(18)8-5-15-17(2)6-8/h3-6H,14H2,1-2H3,(H,16,18). The quantitative estimate of drug-likeness (QED) is 0.836. The molecule has 0 bridgehead atoms. The smallest absolute Gasteiger partial charge is 0.258 e. The number of hydrogen-bond acceptors (Lipinski definition) is 3. The van der Waals surface area contributed by atoms with E-state index in [1.54, 1.807) is 24.0 Å². The Kier molecular flexibility index (Phi) is 3.38. The number of nitrogens with zero attached hydrogens (tertiary/aromatic N) is 2. The number of amides is 1. The molecule has 0 fully saturated rings. The first-order valence-electron chi connectivity index (χ1n) is 5.33. The molecule has 0 atom stereocenters. The third-order valence-electron chi connectivity index (χ3n) is 2.54. The summed E-state index contributed by atoms with van der Waals surface area (Å²) in [5.74, 6) is -0.222. The summed E-state index contributed by atoms with van der Waals surface area (Å²) in [7, 11) is 1.76. The molecule has 94 valence electrons. The Bertz CT molecular complexity index is 583. The number of benzene rings is 1. The first-order valence-corrected chi connectivity index (χ1v) is 6.12. The number of hydrogen-bond donors (Lipinski definition) is 2. The summed E-state index contributed by atoms with van der Waals surface area (Å²) in [5, 5.41) is 6.75. The highest BCUT2D eigenvalue weighted by Gasteiger charge is 2.12. The lowest BCUT2D eigenvalue weighted by molar-refractivity contribution is 0.102. The topological polar surface area (TPSA) is 72.9 Å². The van der Waals surface area contributed by atoms with Crippen LogP contribution in [0.2, 0.25) is 0 Å². The second-order valence-electron chi connectivity index (χ2n) is 4.04. The van der Waals surface area contributed by atoms with Gasteiger partial charge in [-0.15, -0.1) is 0 Å². The average molecular weight is 309 g/mol. The number of anilines is 2. The predicted molar refractivity (Wildman–Crippen MR) is 74.5 cm³/mol. The highest BCUT2D eigenvalue weighted by atomic mass is 79.9. The van der Waals surface area contributed by atoms with Crippen molar-refractivity contribution in [1.29, 1.82) is 0 Å². The minimum Gasteiger partial charge on any atom is -0.397 e. The van der Waals surface area contributed by atoms with Crippen molar-refractivity contribution in [3.8, 4) is 0 Å². The number of carbonyl (C=O) groups is 1. The third-order valence-corrected chi connectivity index (χ3v) is 2.99. The van der Waals surface area contributed by atoms with Gasteiger partial charge in [-0.3, -0.25) is 9.48 Å². The normalized spacial score (nSPS) is 10.4. The van der Waals surface area contributed by atoms with Gasteiger partial charge in [-0.25, -0.2) is 0 Å². The molecule has 0 spiro atoms. The van der Waals surface area contributed by atoms with Crippen LogP contribution in [-0.4, -0.2) is 15.7 Å². The van der Waals surface area contributed by atoms with E-state index < -0.39 is 0 Å². The first kappa shape index (κ1) is 12.6. The van der Waals surface area contributed by atoms with Crippen LogP contribution in [0.5, 0.6) is 0 Å². The maximum absolute atomic E-state index is 12.0. The molecule has 1 aromatic carbocycles. The Labute approximate surface area is 113 Å². The first-order chi connectivity index (χ1) is 8.47. The van der Waals surface area contributed by atoms with Crippen LogP contribution in [-0.2, 0) is 7.05 Å². The molecule has 2 rings (SSSR count). The Balaban J connectivity index is 2.27. The fourth-order valence-corrected chi connectivity index (χ4v) is 2.25. The summed E-state index contributed by atoms with van der Waals surface area (Å²) in [6, 6.07) is 3.65. The molecular weight excluding hydrogens is 296 g/mol. The van der Waals surface area contributed by atoms with Gasteiger partial charge in [-0.1, -0.05) is 15.9 Å². The van der Waals surface area contributed by atoms with Crippen molar-refractivity contribution in [3.05, 3.63) is 40.1 Å². The number of aryl methyl sites for hydroxylation is 2. The number of carbonyl (C=O) groups excluding carboxylic acids is 1. The summed E-state index contributed by atoms with van der Waals surface area (Å²) < 4.78 is 2.46.